The second kappa shape index (κ2) is 9.24. The minimum atomic E-state index is -1.43. The third kappa shape index (κ3) is 4.31. The first-order valence-electron chi connectivity index (χ1n) is 12.4. The third-order valence-electron chi connectivity index (χ3n) is 8.22. The van der Waals surface area contributed by atoms with Crippen LogP contribution < -0.4 is 26.0 Å². The van der Waals surface area contributed by atoms with Crippen molar-refractivity contribution < 1.29 is 13.4 Å². The van der Waals surface area contributed by atoms with Crippen molar-refractivity contribution in [2.24, 2.45) is 29.4 Å². The quantitative estimate of drug-likeness (QED) is 0.472. The van der Waals surface area contributed by atoms with E-state index in [9.17, 15) is 13.4 Å². The molecule has 2 aliphatic heterocycles. The Hall–Kier alpha value is -2.83. The van der Waals surface area contributed by atoms with Crippen LogP contribution in [0.4, 0.5) is 27.5 Å². The maximum absolute atomic E-state index is 14.8. The molecule has 2 aliphatic carbocycles. The number of benzene rings is 1. The third-order valence-corrected chi connectivity index (χ3v) is 9.32. The van der Waals surface area contributed by atoms with Crippen LogP contribution in [0.3, 0.4) is 0 Å². The molecule has 3 fully saturated rings. The van der Waals surface area contributed by atoms with E-state index in [1.54, 1.807) is 0 Å². The maximum Gasteiger partial charge on any atom is 0.229 e. The van der Waals surface area contributed by atoms with Gasteiger partial charge in [-0.2, -0.15) is 4.98 Å². The fourth-order valence-corrected chi connectivity index (χ4v) is 7.42. The van der Waals surface area contributed by atoms with Gasteiger partial charge in [-0.1, -0.05) is 0 Å². The number of nitrogens with zero attached hydrogens (tertiary/aromatic N) is 4. The Bertz CT molecular complexity index is 1210. The normalized spacial score (nSPS) is 31.9. The van der Waals surface area contributed by atoms with E-state index in [1.165, 1.54) is 0 Å². The highest BCUT2D eigenvalue weighted by molar-refractivity contribution is 7.83. The van der Waals surface area contributed by atoms with Crippen LogP contribution in [0.2, 0.25) is 0 Å². The van der Waals surface area contributed by atoms with Crippen LogP contribution in [-0.2, 0) is 15.8 Å². The first kappa shape index (κ1) is 23.6. The fraction of sp³-hybridized carbons (Fsp3) is 0.542. The number of anilines is 4. The first-order chi connectivity index (χ1) is 17.4. The molecule has 0 spiro atoms. The number of carbonyl (C=O) groups is 1. The number of nitrogens with one attached hydrogen (secondary N) is 3. The predicted molar refractivity (Wildman–Crippen MR) is 136 cm³/mol. The van der Waals surface area contributed by atoms with Crippen molar-refractivity contribution in [1.82, 2.24) is 19.6 Å². The van der Waals surface area contributed by atoms with Gasteiger partial charge in [0.25, 0.3) is 0 Å². The number of fused-ring (bicyclic) bond motifs is 5. The number of aromatic nitrogens is 2. The van der Waals surface area contributed by atoms with E-state index < -0.39 is 22.7 Å². The molecule has 192 valence electrons. The van der Waals surface area contributed by atoms with E-state index in [4.69, 9.17) is 5.73 Å². The molecule has 5 N–H and O–H groups in total. The highest BCUT2D eigenvalue weighted by Crippen LogP contribution is 2.52. The molecule has 6 atom stereocenters. The molecule has 0 radical (unpaired) electrons. The zero-order valence-electron chi connectivity index (χ0n) is 20.1. The van der Waals surface area contributed by atoms with Crippen LogP contribution in [0.25, 0.3) is 0 Å². The number of carbonyl (C=O) groups excluding carboxylic acids is 1. The van der Waals surface area contributed by atoms with Crippen molar-refractivity contribution >= 4 is 40.0 Å². The van der Waals surface area contributed by atoms with Crippen LogP contribution in [-0.4, -0.2) is 70.8 Å². The van der Waals surface area contributed by atoms with E-state index in [0.717, 1.165) is 50.9 Å². The van der Waals surface area contributed by atoms with Gasteiger partial charge >= 0.3 is 0 Å². The second-order valence-corrected chi connectivity index (χ2v) is 11.7. The molecule has 3 heterocycles. The monoisotopic (exact) mass is 514 g/mol. The van der Waals surface area contributed by atoms with Gasteiger partial charge in [0.05, 0.1) is 17.0 Å². The van der Waals surface area contributed by atoms with Gasteiger partial charge in [0.15, 0.2) is 11.6 Å². The lowest BCUT2D eigenvalue weighted by Gasteiger charge is -2.35. The van der Waals surface area contributed by atoms with Crippen molar-refractivity contribution in [1.29, 1.82) is 0 Å². The Morgan fingerprint density at radius 2 is 1.97 bits per heavy atom. The molecular formula is C24H31FN8O2S. The molecule has 10 nitrogen and oxygen atoms in total. The number of primary amides is 1. The number of likely N-dealkylation sites (N-methyl/N-ethyl adjacent to an activating group) is 1. The Morgan fingerprint density at radius 1 is 1.17 bits per heavy atom. The average Bonchev–Trinajstić information content (AvgIpc) is 3.42. The van der Waals surface area contributed by atoms with Gasteiger partial charge in [0.1, 0.15) is 11.0 Å². The molecule has 1 aromatic heterocycles. The molecule has 4 aliphatic rings. The van der Waals surface area contributed by atoms with E-state index in [0.29, 0.717) is 17.1 Å². The largest absolute Gasteiger partial charge is 0.369 e. The minimum absolute atomic E-state index is 0.0547. The molecule has 6 unspecified atom stereocenters. The standard InChI is InChI=1S/C24H31FN8O2S/c1-32-2-4-33(5-3-32)16-8-15-9-17(10-16)36(35)28-11-14-6-13-7-18(14)21(20(13)22(26)34)30-23-19(25)12-27-24(29-15)31-23/h8-10,12-14,18,20-21,28H,2-7,11H2,1H3,(H2,26,34)(H2,27,29,30,31). The summed E-state index contributed by atoms with van der Waals surface area (Å²) in [5, 5.41) is 6.36. The van der Waals surface area contributed by atoms with Gasteiger partial charge in [-0.05, 0) is 55.8 Å². The number of piperazine rings is 1. The molecular weight excluding hydrogens is 483 g/mol. The van der Waals surface area contributed by atoms with Crippen molar-refractivity contribution in [3.05, 3.63) is 30.2 Å². The number of halogens is 1. The summed E-state index contributed by atoms with van der Waals surface area (Å²) < 4.78 is 31.4. The van der Waals surface area contributed by atoms with Gasteiger partial charge in [-0.3, -0.25) is 4.79 Å². The van der Waals surface area contributed by atoms with Crippen molar-refractivity contribution in [3.63, 3.8) is 0 Å². The van der Waals surface area contributed by atoms with Crippen molar-refractivity contribution in [3.8, 4) is 0 Å². The summed E-state index contributed by atoms with van der Waals surface area (Å²) in [6.45, 7) is 4.17. The average molecular weight is 515 g/mol. The van der Waals surface area contributed by atoms with Crippen LogP contribution in [0.1, 0.15) is 12.8 Å². The van der Waals surface area contributed by atoms with E-state index in [-0.39, 0.29) is 41.5 Å². The summed E-state index contributed by atoms with van der Waals surface area (Å²) in [7, 11) is 0.676. The zero-order valence-corrected chi connectivity index (χ0v) is 20.9. The molecule has 1 amide bonds. The van der Waals surface area contributed by atoms with Crippen molar-refractivity contribution in [2.75, 3.05) is 55.3 Å². The highest BCUT2D eigenvalue weighted by atomic mass is 32.2. The van der Waals surface area contributed by atoms with E-state index >= 15 is 0 Å². The summed E-state index contributed by atoms with van der Waals surface area (Å²) in [4.78, 5) is 26.0. The topological polar surface area (TPSA) is 129 Å². The Balaban J connectivity index is 1.38. The first-order valence-corrected chi connectivity index (χ1v) is 13.6. The Kier molecular flexibility index (Phi) is 6.05. The number of hydrogen-bond acceptors (Lipinski definition) is 8. The highest BCUT2D eigenvalue weighted by Gasteiger charge is 2.55. The lowest BCUT2D eigenvalue weighted by atomic mass is 9.78. The zero-order chi connectivity index (χ0) is 25.0. The molecule has 1 saturated heterocycles. The van der Waals surface area contributed by atoms with Crippen LogP contribution in [0.15, 0.2) is 29.3 Å². The summed E-state index contributed by atoms with van der Waals surface area (Å²) >= 11 is 0. The SMILES string of the molecule is CN1CCN(c2cc3cc(c2)S(=O)NCC2CC4CC2C(Nc2nc(ncc2F)N3)C4C(N)=O)CC1. The number of nitrogens with two attached hydrogens (primary N) is 1. The summed E-state index contributed by atoms with van der Waals surface area (Å²) in [5.41, 5.74) is 7.39. The summed E-state index contributed by atoms with van der Waals surface area (Å²) in [6.07, 6.45) is 2.77. The summed E-state index contributed by atoms with van der Waals surface area (Å²) in [6, 6.07) is 5.44. The fourth-order valence-electron chi connectivity index (χ4n) is 6.43. The van der Waals surface area contributed by atoms with Gasteiger partial charge < -0.3 is 26.2 Å². The van der Waals surface area contributed by atoms with Gasteiger partial charge in [-0.25, -0.2) is 18.3 Å². The van der Waals surface area contributed by atoms with Gasteiger partial charge in [-0.15, -0.1) is 0 Å². The smallest absolute Gasteiger partial charge is 0.229 e. The maximum atomic E-state index is 14.8. The lowest BCUT2D eigenvalue weighted by molar-refractivity contribution is -0.123. The predicted octanol–water partition coefficient (Wildman–Crippen LogP) is 1.27. The molecule has 12 heteroatoms. The van der Waals surface area contributed by atoms with E-state index in [1.807, 2.05) is 18.2 Å². The lowest BCUT2D eigenvalue weighted by Crippen LogP contribution is -2.47. The van der Waals surface area contributed by atoms with Crippen LogP contribution >= 0.6 is 0 Å². The number of rotatable bonds is 2. The molecule has 6 rings (SSSR count). The van der Waals surface area contributed by atoms with Crippen LogP contribution in [0, 0.1) is 29.5 Å². The number of amides is 1. The van der Waals surface area contributed by atoms with Crippen LogP contribution in [0.5, 0.6) is 0 Å². The second-order valence-electron chi connectivity index (χ2n) is 10.4. The number of hydrogen-bond donors (Lipinski definition) is 4. The van der Waals surface area contributed by atoms with Gasteiger partial charge in [0.2, 0.25) is 11.9 Å². The Labute approximate surface area is 211 Å². The molecule has 2 aromatic rings. The molecule has 36 heavy (non-hydrogen) atoms. The van der Waals surface area contributed by atoms with Gasteiger partial charge in [0, 0.05) is 50.1 Å². The van der Waals surface area contributed by atoms with Crippen molar-refractivity contribution in [2.45, 2.75) is 23.8 Å². The molecule has 6 bridgehead atoms. The van der Waals surface area contributed by atoms with E-state index in [2.05, 4.69) is 42.2 Å². The molecule has 2 saturated carbocycles. The Morgan fingerprint density at radius 3 is 2.75 bits per heavy atom. The summed E-state index contributed by atoms with van der Waals surface area (Å²) in [5.74, 6) is -0.681. The molecule has 1 aromatic carbocycles. The minimum Gasteiger partial charge on any atom is -0.369 e.